The molecule has 0 N–H and O–H groups in total. The number of benzene rings is 1. The van der Waals surface area contributed by atoms with E-state index in [9.17, 15) is 4.39 Å². The van der Waals surface area contributed by atoms with Crippen LogP contribution in [0.1, 0.15) is 16.8 Å². The third-order valence-corrected chi connectivity index (χ3v) is 3.67. The molecule has 0 aliphatic heterocycles. The monoisotopic (exact) mass is 254 g/mol. The highest BCUT2D eigenvalue weighted by Gasteiger charge is 2.10. The van der Waals surface area contributed by atoms with E-state index in [0.717, 1.165) is 11.1 Å². The van der Waals surface area contributed by atoms with Crippen LogP contribution in [0.25, 0.3) is 10.9 Å². The first-order valence-electron chi connectivity index (χ1n) is 6.30. The lowest BCUT2D eigenvalue weighted by Crippen LogP contribution is -2.02. The van der Waals surface area contributed by atoms with Crippen molar-refractivity contribution in [3.05, 3.63) is 65.4 Å². The van der Waals surface area contributed by atoms with E-state index in [1.54, 1.807) is 18.3 Å². The number of nitrogens with zero attached hydrogens (tertiary/aromatic N) is 2. The van der Waals surface area contributed by atoms with Crippen molar-refractivity contribution in [1.29, 1.82) is 0 Å². The number of hydrogen-bond acceptors (Lipinski definition) is 1. The molecule has 0 saturated heterocycles. The van der Waals surface area contributed by atoms with Crippen LogP contribution in [-0.4, -0.2) is 9.55 Å². The maximum atomic E-state index is 13.3. The van der Waals surface area contributed by atoms with E-state index >= 15 is 0 Å². The molecule has 0 atom stereocenters. The zero-order chi connectivity index (χ0) is 13.4. The molecule has 3 heteroatoms. The zero-order valence-electron chi connectivity index (χ0n) is 11.0. The Morgan fingerprint density at radius 2 is 2.05 bits per heavy atom. The molecule has 0 amide bonds. The molecule has 0 aliphatic rings. The van der Waals surface area contributed by atoms with E-state index < -0.39 is 0 Å². The Bertz CT molecular complexity index is 744. The van der Waals surface area contributed by atoms with E-state index in [1.807, 2.05) is 18.3 Å². The maximum absolute atomic E-state index is 13.3. The summed E-state index contributed by atoms with van der Waals surface area (Å²) in [6, 6.07) is 8.77. The minimum Gasteiger partial charge on any atom is -0.339 e. The van der Waals surface area contributed by atoms with Crippen molar-refractivity contribution >= 4 is 10.9 Å². The second-order valence-corrected chi connectivity index (χ2v) is 4.82. The standard InChI is InChI=1S/C16H15FN2/c1-11-12(2)19(16-9-18-7-6-15(11)16)10-13-4-3-5-14(17)8-13/h3-9H,10H2,1-2H3. The first kappa shape index (κ1) is 11.9. The van der Waals surface area contributed by atoms with E-state index in [1.165, 1.54) is 22.7 Å². The molecule has 3 aromatic rings. The van der Waals surface area contributed by atoms with Crippen molar-refractivity contribution in [2.24, 2.45) is 0 Å². The SMILES string of the molecule is Cc1c(C)n(Cc2cccc(F)c2)c2cnccc12. The fourth-order valence-corrected chi connectivity index (χ4v) is 2.52. The Labute approximate surface area is 111 Å². The molecule has 19 heavy (non-hydrogen) atoms. The van der Waals surface area contributed by atoms with Crippen molar-refractivity contribution in [3.63, 3.8) is 0 Å². The van der Waals surface area contributed by atoms with Gasteiger partial charge in [-0.2, -0.15) is 0 Å². The highest BCUT2D eigenvalue weighted by molar-refractivity contribution is 5.84. The number of fused-ring (bicyclic) bond motifs is 1. The molecule has 0 unspecified atom stereocenters. The van der Waals surface area contributed by atoms with Crippen molar-refractivity contribution in [2.75, 3.05) is 0 Å². The Hall–Kier alpha value is -2.16. The highest BCUT2D eigenvalue weighted by atomic mass is 19.1. The molecule has 3 rings (SSSR count). The third kappa shape index (κ3) is 2.01. The van der Waals surface area contributed by atoms with Gasteiger partial charge in [0, 0.05) is 23.8 Å². The topological polar surface area (TPSA) is 17.8 Å². The Kier molecular flexibility index (Phi) is 2.82. The Morgan fingerprint density at radius 1 is 1.21 bits per heavy atom. The lowest BCUT2D eigenvalue weighted by atomic mass is 10.2. The van der Waals surface area contributed by atoms with Crippen LogP contribution in [0, 0.1) is 19.7 Å². The van der Waals surface area contributed by atoms with Gasteiger partial charge in [0.05, 0.1) is 11.7 Å². The van der Waals surface area contributed by atoms with Gasteiger partial charge >= 0.3 is 0 Å². The van der Waals surface area contributed by atoms with Gasteiger partial charge in [0.2, 0.25) is 0 Å². The molecule has 2 heterocycles. The third-order valence-electron chi connectivity index (χ3n) is 3.67. The van der Waals surface area contributed by atoms with Gasteiger partial charge in [0.15, 0.2) is 0 Å². The van der Waals surface area contributed by atoms with E-state index in [0.29, 0.717) is 6.54 Å². The van der Waals surface area contributed by atoms with Crippen LogP contribution in [0.3, 0.4) is 0 Å². The fraction of sp³-hybridized carbons (Fsp3) is 0.188. The lowest BCUT2D eigenvalue weighted by Gasteiger charge is -2.08. The normalized spacial score (nSPS) is 11.1. The van der Waals surface area contributed by atoms with Gasteiger partial charge in [-0.1, -0.05) is 12.1 Å². The van der Waals surface area contributed by atoms with Crippen LogP contribution >= 0.6 is 0 Å². The summed E-state index contributed by atoms with van der Waals surface area (Å²) in [4.78, 5) is 4.19. The number of hydrogen-bond donors (Lipinski definition) is 0. The number of halogens is 1. The summed E-state index contributed by atoms with van der Waals surface area (Å²) in [5.74, 6) is -0.193. The number of pyridine rings is 1. The van der Waals surface area contributed by atoms with Gasteiger partial charge in [0.1, 0.15) is 5.82 Å². The molecule has 2 nitrogen and oxygen atoms in total. The summed E-state index contributed by atoms with van der Waals surface area (Å²) in [5.41, 5.74) is 4.52. The van der Waals surface area contributed by atoms with Crippen molar-refractivity contribution in [1.82, 2.24) is 9.55 Å². The summed E-state index contributed by atoms with van der Waals surface area (Å²) in [6.07, 6.45) is 3.68. The number of aryl methyl sites for hydroxylation is 1. The van der Waals surface area contributed by atoms with Crippen LogP contribution in [0.5, 0.6) is 0 Å². The summed E-state index contributed by atoms with van der Waals surface area (Å²) in [5, 5.41) is 1.21. The predicted octanol–water partition coefficient (Wildman–Crippen LogP) is 3.84. The van der Waals surface area contributed by atoms with Crippen LogP contribution in [0.2, 0.25) is 0 Å². The Balaban J connectivity index is 2.13. The molecule has 0 radical (unpaired) electrons. The minimum absolute atomic E-state index is 0.193. The van der Waals surface area contributed by atoms with Gasteiger partial charge < -0.3 is 4.57 Å². The predicted molar refractivity (Wildman–Crippen MR) is 74.7 cm³/mol. The molecule has 0 bridgehead atoms. The molecule has 1 aromatic carbocycles. The van der Waals surface area contributed by atoms with Crippen LogP contribution < -0.4 is 0 Å². The molecule has 2 aromatic heterocycles. The van der Waals surface area contributed by atoms with Crippen molar-refractivity contribution < 1.29 is 4.39 Å². The summed E-state index contributed by atoms with van der Waals surface area (Å²) < 4.78 is 15.5. The van der Waals surface area contributed by atoms with Crippen LogP contribution in [0.4, 0.5) is 4.39 Å². The summed E-state index contributed by atoms with van der Waals surface area (Å²) >= 11 is 0. The van der Waals surface area contributed by atoms with Gasteiger partial charge in [-0.25, -0.2) is 4.39 Å². The summed E-state index contributed by atoms with van der Waals surface area (Å²) in [6.45, 7) is 4.87. The largest absolute Gasteiger partial charge is 0.339 e. The lowest BCUT2D eigenvalue weighted by molar-refractivity contribution is 0.623. The first-order chi connectivity index (χ1) is 9.16. The van der Waals surface area contributed by atoms with Gasteiger partial charge in [-0.15, -0.1) is 0 Å². The molecule has 0 aliphatic carbocycles. The van der Waals surface area contributed by atoms with Crippen molar-refractivity contribution in [2.45, 2.75) is 20.4 Å². The molecular weight excluding hydrogens is 239 g/mol. The van der Waals surface area contributed by atoms with E-state index in [-0.39, 0.29) is 5.82 Å². The van der Waals surface area contributed by atoms with E-state index in [2.05, 4.69) is 23.4 Å². The fourth-order valence-electron chi connectivity index (χ4n) is 2.52. The van der Waals surface area contributed by atoms with Crippen LogP contribution in [0.15, 0.2) is 42.7 Å². The Morgan fingerprint density at radius 3 is 2.84 bits per heavy atom. The number of aromatic nitrogens is 2. The average Bonchev–Trinajstić information content (AvgIpc) is 2.65. The van der Waals surface area contributed by atoms with Crippen LogP contribution in [-0.2, 0) is 6.54 Å². The number of rotatable bonds is 2. The van der Waals surface area contributed by atoms with Gasteiger partial charge in [0.25, 0.3) is 0 Å². The minimum atomic E-state index is -0.193. The average molecular weight is 254 g/mol. The molecule has 96 valence electrons. The van der Waals surface area contributed by atoms with Crippen molar-refractivity contribution in [3.8, 4) is 0 Å². The second kappa shape index (κ2) is 4.50. The maximum Gasteiger partial charge on any atom is 0.123 e. The van der Waals surface area contributed by atoms with Gasteiger partial charge in [-0.05, 0) is 43.2 Å². The molecular formula is C16H15FN2. The molecule has 0 spiro atoms. The highest BCUT2D eigenvalue weighted by Crippen LogP contribution is 2.25. The first-order valence-corrected chi connectivity index (χ1v) is 6.30. The summed E-state index contributed by atoms with van der Waals surface area (Å²) in [7, 11) is 0. The smallest absolute Gasteiger partial charge is 0.123 e. The van der Waals surface area contributed by atoms with Gasteiger partial charge in [-0.3, -0.25) is 4.98 Å². The quantitative estimate of drug-likeness (QED) is 0.679. The molecule has 0 saturated carbocycles. The zero-order valence-corrected chi connectivity index (χ0v) is 11.0. The second-order valence-electron chi connectivity index (χ2n) is 4.82. The molecule has 0 fully saturated rings. The van der Waals surface area contributed by atoms with E-state index in [4.69, 9.17) is 0 Å².